The number of likely N-dealkylation sites (tertiary alicyclic amines) is 1. The molecule has 5 nitrogen and oxygen atoms in total. The van der Waals surface area contributed by atoms with Crippen molar-refractivity contribution in [2.24, 2.45) is 11.3 Å². The van der Waals surface area contributed by atoms with E-state index in [0.717, 1.165) is 25.9 Å². The number of aliphatic carboxylic acids is 1. The minimum absolute atomic E-state index is 0.0300. The Morgan fingerprint density at radius 1 is 1.47 bits per heavy atom. The molecule has 0 aromatic heterocycles. The minimum atomic E-state index is -0.720. The lowest BCUT2D eigenvalue weighted by Gasteiger charge is -2.48. The van der Waals surface area contributed by atoms with E-state index in [1.165, 1.54) is 0 Å². The zero-order valence-electron chi connectivity index (χ0n) is 10.6. The van der Waals surface area contributed by atoms with Crippen molar-refractivity contribution < 1.29 is 14.6 Å². The first-order valence-corrected chi connectivity index (χ1v) is 6.27. The van der Waals surface area contributed by atoms with Crippen LogP contribution in [0.2, 0.25) is 0 Å². The smallest absolute Gasteiger partial charge is 0.315 e. The third kappa shape index (κ3) is 2.19. The molecule has 2 aliphatic heterocycles. The number of hydrogen-bond donors (Lipinski definition) is 2. The summed E-state index contributed by atoms with van der Waals surface area (Å²) in [4.78, 5) is 13.8. The number of ether oxygens (including phenoxy) is 1. The molecule has 2 heterocycles. The Hall–Kier alpha value is -0.650. The van der Waals surface area contributed by atoms with E-state index in [1.807, 2.05) is 7.05 Å². The number of nitrogens with zero attached hydrogens (tertiary/aromatic N) is 1. The van der Waals surface area contributed by atoms with Gasteiger partial charge >= 0.3 is 5.97 Å². The molecular formula is C12H22N2O3. The van der Waals surface area contributed by atoms with Crippen molar-refractivity contribution in [1.82, 2.24) is 10.2 Å². The molecule has 2 fully saturated rings. The Morgan fingerprint density at radius 3 is 2.41 bits per heavy atom. The number of rotatable bonds is 4. The molecule has 0 aromatic carbocycles. The Bertz CT molecular complexity index is 283. The zero-order chi connectivity index (χ0) is 12.5. The van der Waals surface area contributed by atoms with Gasteiger partial charge in [-0.2, -0.15) is 0 Å². The predicted octanol–water partition coefficient (Wildman–Crippen LogP) is 0.0174. The number of piperidine rings is 1. The third-order valence-electron chi connectivity index (χ3n) is 4.29. The van der Waals surface area contributed by atoms with Gasteiger partial charge in [0.25, 0.3) is 0 Å². The molecular weight excluding hydrogens is 220 g/mol. The van der Waals surface area contributed by atoms with Crippen molar-refractivity contribution >= 4 is 5.97 Å². The largest absolute Gasteiger partial charge is 0.481 e. The van der Waals surface area contributed by atoms with E-state index >= 15 is 0 Å². The van der Waals surface area contributed by atoms with Crippen LogP contribution in [0.1, 0.15) is 12.8 Å². The van der Waals surface area contributed by atoms with Gasteiger partial charge in [-0.25, -0.2) is 0 Å². The summed E-state index contributed by atoms with van der Waals surface area (Å²) in [5.41, 5.74) is -0.699. The number of hydrogen-bond acceptors (Lipinski definition) is 4. The van der Waals surface area contributed by atoms with Gasteiger partial charge in [-0.3, -0.25) is 4.79 Å². The summed E-state index contributed by atoms with van der Waals surface area (Å²) in [5, 5.41) is 12.7. The van der Waals surface area contributed by atoms with Crippen LogP contribution in [0, 0.1) is 11.3 Å². The molecule has 98 valence electrons. The lowest BCUT2D eigenvalue weighted by atomic mass is 9.70. The second-order valence-corrected chi connectivity index (χ2v) is 5.36. The highest BCUT2D eigenvalue weighted by Gasteiger charge is 2.54. The van der Waals surface area contributed by atoms with E-state index in [0.29, 0.717) is 19.1 Å². The molecule has 2 aliphatic rings. The number of carboxylic acid groups (broad SMARTS) is 1. The fourth-order valence-corrected chi connectivity index (χ4v) is 3.08. The van der Waals surface area contributed by atoms with Crippen LogP contribution in [-0.4, -0.2) is 62.4 Å². The van der Waals surface area contributed by atoms with Crippen molar-refractivity contribution in [1.29, 1.82) is 0 Å². The summed E-state index contributed by atoms with van der Waals surface area (Å²) in [6.45, 7) is 2.80. The summed E-state index contributed by atoms with van der Waals surface area (Å²) in [6, 6.07) is 0.0300. The maximum absolute atomic E-state index is 11.5. The molecule has 0 amide bonds. The molecule has 0 radical (unpaired) electrons. The van der Waals surface area contributed by atoms with Gasteiger partial charge in [0.05, 0.1) is 13.2 Å². The molecule has 0 spiro atoms. The molecule has 0 bridgehead atoms. The first kappa shape index (κ1) is 12.8. The Balaban J connectivity index is 2.07. The summed E-state index contributed by atoms with van der Waals surface area (Å²) >= 11 is 0. The maximum atomic E-state index is 11.5. The predicted molar refractivity (Wildman–Crippen MR) is 64.0 cm³/mol. The van der Waals surface area contributed by atoms with Gasteiger partial charge in [-0.15, -0.1) is 0 Å². The van der Waals surface area contributed by atoms with Gasteiger partial charge < -0.3 is 20.1 Å². The summed E-state index contributed by atoms with van der Waals surface area (Å²) < 4.78 is 5.16. The normalized spacial score (nSPS) is 27.4. The Kier molecular flexibility index (Phi) is 3.70. The summed E-state index contributed by atoms with van der Waals surface area (Å²) in [7, 11) is 3.98. The van der Waals surface area contributed by atoms with Crippen molar-refractivity contribution in [2.75, 3.05) is 40.4 Å². The van der Waals surface area contributed by atoms with Crippen LogP contribution in [0.25, 0.3) is 0 Å². The molecule has 2 saturated heterocycles. The standard InChI is InChI=1S/C12H22N2O3/c1-13-10(9-3-5-14(2)6-4-9)12(11(15)16)7-17-8-12/h9-10,13H,3-8H2,1-2H3,(H,15,16). The first-order valence-electron chi connectivity index (χ1n) is 6.27. The van der Waals surface area contributed by atoms with E-state index in [1.54, 1.807) is 0 Å². The minimum Gasteiger partial charge on any atom is -0.481 e. The average Bonchev–Trinajstić information content (AvgIpc) is 2.24. The van der Waals surface area contributed by atoms with E-state index in [9.17, 15) is 9.90 Å². The highest BCUT2D eigenvalue weighted by Crippen LogP contribution is 2.38. The van der Waals surface area contributed by atoms with Crippen LogP contribution < -0.4 is 5.32 Å². The van der Waals surface area contributed by atoms with E-state index in [-0.39, 0.29) is 6.04 Å². The number of nitrogens with one attached hydrogen (secondary N) is 1. The van der Waals surface area contributed by atoms with Crippen LogP contribution in [0.3, 0.4) is 0 Å². The van der Waals surface area contributed by atoms with Crippen molar-refractivity contribution in [3.05, 3.63) is 0 Å². The molecule has 1 atom stereocenters. The van der Waals surface area contributed by atoms with Crippen LogP contribution >= 0.6 is 0 Å². The maximum Gasteiger partial charge on any atom is 0.315 e. The van der Waals surface area contributed by atoms with Gasteiger partial charge in [-0.1, -0.05) is 0 Å². The molecule has 17 heavy (non-hydrogen) atoms. The topological polar surface area (TPSA) is 61.8 Å². The molecule has 5 heteroatoms. The molecule has 0 saturated carbocycles. The van der Waals surface area contributed by atoms with Gasteiger partial charge in [-0.05, 0) is 45.9 Å². The molecule has 2 rings (SSSR count). The van der Waals surface area contributed by atoms with Crippen molar-refractivity contribution in [2.45, 2.75) is 18.9 Å². The fraction of sp³-hybridized carbons (Fsp3) is 0.917. The lowest BCUT2D eigenvalue weighted by Crippen LogP contribution is -2.64. The average molecular weight is 242 g/mol. The first-order chi connectivity index (χ1) is 8.10. The van der Waals surface area contributed by atoms with Gasteiger partial charge in [0.1, 0.15) is 5.41 Å². The molecule has 0 aromatic rings. The fourth-order valence-electron chi connectivity index (χ4n) is 3.08. The number of carboxylic acids is 1. The third-order valence-corrected chi connectivity index (χ3v) is 4.29. The second kappa shape index (κ2) is 4.92. The van der Waals surface area contributed by atoms with Crippen LogP contribution in [0.4, 0.5) is 0 Å². The Labute approximate surface area is 102 Å². The Morgan fingerprint density at radius 2 is 2.06 bits per heavy atom. The molecule has 0 aliphatic carbocycles. The van der Waals surface area contributed by atoms with Crippen LogP contribution in [-0.2, 0) is 9.53 Å². The summed E-state index contributed by atoms with van der Waals surface area (Å²) in [6.07, 6.45) is 2.13. The quantitative estimate of drug-likeness (QED) is 0.727. The van der Waals surface area contributed by atoms with E-state index in [2.05, 4.69) is 17.3 Å². The summed E-state index contributed by atoms with van der Waals surface area (Å²) in [5.74, 6) is -0.279. The number of carbonyl (C=O) groups is 1. The van der Waals surface area contributed by atoms with Crippen molar-refractivity contribution in [3.63, 3.8) is 0 Å². The van der Waals surface area contributed by atoms with E-state index < -0.39 is 11.4 Å². The molecule has 2 N–H and O–H groups in total. The lowest BCUT2D eigenvalue weighted by molar-refractivity contribution is -0.190. The highest BCUT2D eigenvalue weighted by molar-refractivity contribution is 5.77. The van der Waals surface area contributed by atoms with Gasteiger partial charge in [0.2, 0.25) is 0 Å². The SMILES string of the molecule is CNC(C1CCN(C)CC1)C1(C(=O)O)COC1. The van der Waals surface area contributed by atoms with E-state index in [4.69, 9.17) is 4.74 Å². The highest BCUT2D eigenvalue weighted by atomic mass is 16.5. The monoisotopic (exact) mass is 242 g/mol. The molecule has 1 unspecified atom stereocenters. The van der Waals surface area contributed by atoms with Crippen molar-refractivity contribution in [3.8, 4) is 0 Å². The van der Waals surface area contributed by atoms with Gasteiger partial charge in [0.15, 0.2) is 0 Å². The zero-order valence-corrected chi connectivity index (χ0v) is 10.6. The van der Waals surface area contributed by atoms with Crippen LogP contribution in [0.15, 0.2) is 0 Å². The van der Waals surface area contributed by atoms with Gasteiger partial charge in [0, 0.05) is 6.04 Å². The second-order valence-electron chi connectivity index (χ2n) is 5.36. The van der Waals surface area contributed by atoms with Crippen LogP contribution in [0.5, 0.6) is 0 Å².